The third-order valence-corrected chi connectivity index (χ3v) is 7.46. The number of benzene rings is 2. The number of amidine groups is 1. The van der Waals surface area contributed by atoms with Crippen molar-refractivity contribution in [1.82, 2.24) is 10.2 Å². The van der Waals surface area contributed by atoms with Gasteiger partial charge in [-0.15, -0.1) is 0 Å². The summed E-state index contributed by atoms with van der Waals surface area (Å²) in [5, 5.41) is 5.84. The Hall–Kier alpha value is -3.32. The Morgan fingerprint density at radius 2 is 1.75 bits per heavy atom. The Kier molecular flexibility index (Phi) is 7.99. The first-order chi connectivity index (χ1) is 17.3. The van der Waals surface area contributed by atoms with Crippen molar-refractivity contribution < 1.29 is 14.3 Å². The van der Waals surface area contributed by atoms with E-state index in [0.717, 1.165) is 27.7 Å². The largest absolute Gasteiger partial charge is 0.466 e. The lowest BCUT2D eigenvalue weighted by Crippen LogP contribution is -2.38. The SMILES string of the molecule is CCC1=C(C(=O)OC)[C@H](c2ccc(C(C)C)cc2)N2C(CC(=O)N[C@@H](C)c3ccccc3)=CSC2=N1. The number of fused-ring (bicyclic) bond motifs is 1. The number of aliphatic imine (C=N–C) groups is 1. The van der Waals surface area contributed by atoms with Gasteiger partial charge in [0.1, 0.15) is 0 Å². The molecule has 6 nitrogen and oxygen atoms in total. The monoisotopic (exact) mass is 503 g/mol. The van der Waals surface area contributed by atoms with Crippen LogP contribution in [-0.4, -0.2) is 29.1 Å². The molecule has 36 heavy (non-hydrogen) atoms. The molecule has 0 aliphatic carbocycles. The average molecular weight is 504 g/mol. The number of ether oxygens (including phenoxy) is 1. The molecule has 0 bridgehead atoms. The Bertz CT molecular complexity index is 1220. The summed E-state index contributed by atoms with van der Waals surface area (Å²) in [5.74, 6) is -0.0818. The number of thioether (sulfide) groups is 1. The number of nitrogens with one attached hydrogen (secondary N) is 1. The maximum Gasteiger partial charge on any atom is 0.338 e. The minimum atomic E-state index is -0.415. The normalized spacial score (nSPS) is 17.9. The van der Waals surface area contributed by atoms with Crippen LogP contribution in [0.2, 0.25) is 0 Å². The first-order valence-corrected chi connectivity index (χ1v) is 13.2. The highest BCUT2D eigenvalue weighted by Crippen LogP contribution is 2.45. The number of esters is 1. The van der Waals surface area contributed by atoms with E-state index in [1.807, 2.05) is 54.5 Å². The van der Waals surface area contributed by atoms with Crippen molar-refractivity contribution in [3.63, 3.8) is 0 Å². The van der Waals surface area contributed by atoms with Crippen molar-refractivity contribution >= 4 is 28.8 Å². The molecule has 0 unspecified atom stereocenters. The molecule has 2 aromatic rings. The Morgan fingerprint density at radius 3 is 2.36 bits per heavy atom. The number of carbonyl (C=O) groups is 2. The molecular formula is C29H33N3O3S. The van der Waals surface area contributed by atoms with Crippen LogP contribution in [0.3, 0.4) is 0 Å². The molecule has 0 saturated heterocycles. The van der Waals surface area contributed by atoms with Crippen molar-refractivity contribution in [3.05, 3.63) is 93.7 Å². The molecule has 0 radical (unpaired) electrons. The van der Waals surface area contributed by atoms with E-state index >= 15 is 0 Å². The summed E-state index contributed by atoms with van der Waals surface area (Å²) in [6.07, 6.45) is 0.785. The van der Waals surface area contributed by atoms with Gasteiger partial charge in [0, 0.05) is 5.70 Å². The highest BCUT2D eigenvalue weighted by molar-refractivity contribution is 8.16. The molecular weight excluding hydrogens is 470 g/mol. The summed E-state index contributed by atoms with van der Waals surface area (Å²) in [4.78, 5) is 32.9. The van der Waals surface area contributed by atoms with Gasteiger partial charge in [0.05, 0.1) is 36.9 Å². The highest BCUT2D eigenvalue weighted by Gasteiger charge is 2.41. The quantitative estimate of drug-likeness (QED) is 0.433. The van der Waals surface area contributed by atoms with Crippen LogP contribution in [0, 0.1) is 0 Å². The number of allylic oxidation sites excluding steroid dienone is 1. The van der Waals surface area contributed by atoms with E-state index in [-0.39, 0.29) is 18.4 Å². The van der Waals surface area contributed by atoms with Gasteiger partial charge in [-0.2, -0.15) is 0 Å². The second kappa shape index (κ2) is 11.2. The van der Waals surface area contributed by atoms with Gasteiger partial charge < -0.3 is 15.0 Å². The molecule has 0 fully saturated rings. The number of nitrogens with zero attached hydrogens (tertiary/aromatic N) is 2. The van der Waals surface area contributed by atoms with E-state index in [9.17, 15) is 9.59 Å². The number of amides is 1. The van der Waals surface area contributed by atoms with Gasteiger partial charge in [-0.25, -0.2) is 9.79 Å². The molecule has 2 atom stereocenters. The van der Waals surface area contributed by atoms with Crippen molar-refractivity contribution in [3.8, 4) is 0 Å². The highest BCUT2D eigenvalue weighted by atomic mass is 32.2. The fraction of sp³-hybridized carbons (Fsp3) is 0.345. The average Bonchev–Trinajstić information content (AvgIpc) is 3.29. The summed E-state index contributed by atoms with van der Waals surface area (Å²) >= 11 is 1.49. The molecule has 2 aromatic carbocycles. The van der Waals surface area contributed by atoms with Gasteiger partial charge in [-0.1, -0.05) is 87.1 Å². The minimum absolute atomic E-state index is 0.0850. The minimum Gasteiger partial charge on any atom is -0.466 e. The van der Waals surface area contributed by atoms with Crippen LogP contribution in [0.25, 0.3) is 0 Å². The molecule has 1 amide bonds. The van der Waals surface area contributed by atoms with Crippen LogP contribution in [0.15, 0.2) is 82.0 Å². The Balaban J connectivity index is 1.65. The smallest absolute Gasteiger partial charge is 0.338 e. The topological polar surface area (TPSA) is 71.0 Å². The zero-order valence-electron chi connectivity index (χ0n) is 21.4. The summed E-state index contributed by atoms with van der Waals surface area (Å²) in [6, 6.07) is 17.7. The number of methoxy groups -OCH3 is 1. The van der Waals surface area contributed by atoms with E-state index in [4.69, 9.17) is 9.73 Å². The maximum absolute atomic E-state index is 13.1. The number of hydrogen-bond donors (Lipinski definition) is 1. The molecule has 1 N–H and O–H groups in total. The molecule has 2 aliphatic rings. The lowest BCUT2D eigenvalue weighted by Gasteiger charge is -2.36. The molecule has 0 saturated carbocycles. The lowest BCUT2D eigenvalue weighted by molar-refractivity contribution is -0.136. The van der Waals surface area contributed by atoms with E-state index in [0.29, 0.717) is 17.9 Å². The molecule has 2 heterocycles. The zero-order chi connectivity index (χ0) is 25.8. The van der Waals surface area contributed by atoms with Crippen LogP contribution in [0.1, 0.15) is 75.2 Å². The van der Waals surface area contributed by atoms with Crippen molar-refractivity contribution in [2.45, 2.75) is 58.5 Å². The molecule has 0 spiro atoms. The van der Waals surface area contributed by atoms with Crippen molar-refractivity contribution in [2.24, 2.45) is 4.99 Å². The third-order valence-electron chi connectivity index (χ3n) is 6.57. The molecule has 7 heteroatoms. The summed E-state index contributed by atoms with van der Waals surface area (Å²) < 4.78 is 5.20. The number of rotatable bonds is 8. The van der Waals surface area contributed by atoms with Gasteiger partial charge >= 0.3 is 5.97 Å². The number of carbonyl (C=O) groups excluding carboxylic acids is 2. The Morgan fingerprint density at radius 1 is 1.06 bits per heavy atom. The molecule has 0 aromatic heterocycles. The van der Waals surface area contributed by atoms with E-state index in [1.54, 1.807) is 0 Å². The van der Waals surface area contributed by atoms with Crippen LogP contribution >= 0.6 is 11.8 Å². The van der Waals surface area contributed by atoms with Gasteiger partial charge in [0.15, 0.2) is 5.17 Å². The van der Waals surface area contributed by atoms with Crippen LogP contribution in [-0.2, 0) is 14.3 Å². The van der Waals surface area contributed by atoms with Crippen molar-refractivity contribution in [2.75, 3.05) is 7.11 Å². The third kappa shape index (κ3) is 5.26. The zero-order valence-corrected chi connectivity index (χ0v) is 22.3. The van der Waals surface area contributed by atoms with Gasteiger partial charge in [0.25, 0.3) is 0 Å². The standard InChI is InChI=1S/C29H33N3O3S/c1-6-24-26(28(34)35-5)27(22-14-12-20(13-15-22)18(2)3)32-23(17-36-29(32)31-24)16-25(33)30-19(4)21-10-8-7-9-11-21/h7-15,17-19,27H,6,16H2,1-5H3,(H,30,33)/t19-,27-/m0/s1. The van der Waals surface area contributed by atoms with Crippen molar-refractivity contribution in [1.29, 1.82) is 0 Å². The van der Waals surface area contributed by atoms with Crippen LogP contribution < -0.4 is 5.32 Å². The fourth-order valence-corrected chi connectivity index (χ4v) is 5.51. The first kappa shape index (κ1) is 25.8. The van der Waals surface area contributed by atoms with E-state index in [2.05, 4.69) is 43.4 Å². The van der Waals surface area contributed by atoms with Crippen LogP contribution in [0.5, 0.6) is 0 Å². The van der Waals surface area contributed by atoms with Gasteiger partial charge in [-0.05, 0) is 41.4 Å². The summed E-state index contributed by atoms with van der Waals surface area (Å²) in [5.41, 5.74) is 5.29. The first-order valence-electron chi connectivity index (χ1n) is 12.3. The van der Waals surface area contributed by atoms with Gasteiger partial charge in [-0.3, -0.25) is 4.79 Å². The predicted octanol–water partition coefficient (Wildman–Crippen LogP) is 6.22. The molecule has 4 rings (SSSR count). The lowest BCUT2D eigenvalue weighted by atomic mass is 9.91. The second-order valence-electron chi connectivity index (χ2n) is 9.30. The van der Waals surface area contributed by atoms with Crippen LogP contribution in [0.4, 0.5) is 0 Å². The Labute approximate surface area is 217 Å². The maximum atomic E-state index is 13.1. The summed E-state index contributed by atoms with van der Waals surface area (Å²) in [6.45, 7) is 8.28. The predicted molar refractivity (Wildman–Crippen MR) is 145 cm³/mol. The van der Waals surface area contributed by atoms with Gasteiger partial charge in [0.2, 0.25) is 5.91 Å². The molecule has 2 aliphatic heterocycles. The van der Waals surface area contributed by atoms with E-state index < -0.39 is 12.0 Å². The van der Waals surface area contributed by atoms with E-state index in [1.165, 1.54) is 24.4 Å². The molecule has 188 valence electrons. The number of hydrogen-bond acceptors (Lipinski definition) is 6. The fourth-order valence-electron chi connectivity index (χ4n) is 4.57. The second-order valence-corrected chi connectivity index (χ2v) is 10.1. The summed E-state index contributed by atoms with van der Waals surface area (Å²) in [7, 11) is 1.40.